The van der Waals surface area contributed by atoms with E-state index in [0.29, 0.717) is 12.0 Å². The third-order valence-corrected chi connectivity index (χ3v) is 3.76. The van der Waals surface area contributed by atoms with Gasteiger partial charge in [0.2, 0.25) is 0 Å². The van der Waals surface area contributed by atoms with E-state index in [-0.39, 0.29) is 16.9 Å². The lowest BCUT2D eigenvalue weighted by Crippen LogP contribution is -2.12. The lowest BCUT2D eigenvalue weighted by atomic mass is 9.95. The zero-order chi connectivity index (χ0) is 13.9. The molecule has 0 radical (unpaired) electrons. The van der Waals surface area contributed by atoms with Crippen molar-refractivity contribution in [1.29, 1.82) is 0 Å². The van der Waals surface area contributed by atoms with E-state index < -0.39 is 22.3 Å². The van der Waals surface area contributed by atoms with Crippen molar-refractivity contribution in [2.45, 2.75) is 43.8 Å². The van der Waals surface area contributed by atoms with Crippen LogP contribution in [0.3, 0.4) is 0 Å². The molecule has 18 heavy (non-hydrogen) atoms. The van der Waals surface area contributed by atoms with Gasteiger partial charge in [0.15, 0.2) is 0 Å². The lowest BCUT2D eigenvalue weighted by Gasteiger charge is -2.20. The molecule has 0 heterocycles. The summed E-state index contributed by atoms with van der Waals surface area (Å²) in [6, 6.07) is 4.20. The van der Waals surface area contributed by atoms with Crippen molar-refractivity contribution in [2.75, 3.05) is 0 Å². The molecule has 0 aliphatic rings. The van der Waals surface area contributed by atoms with Crippen LogP contribution in [-0.2, 0) is 10.1 Å². The number of benzene rings is 1. The van der Waals surface area contributed by atoms with Crippen LogP contribution in [0.4, 0.5) is 0 Å². The first-order chi connectivity index (χ1) is 8.32. The number of hydrogen-bond acceptors (Lipinski definition) is 4. The van der Waals surface area contributed by atoms with Crippen LogP contribution in [0.5, 0.6) is 0 Å². The molecule has 6 heteroatoms. The molecule has 0 aliphatic carbocycles. The van der Waals surface area contributed by atoms with Crippen LogP contribution < -0.4 is 0 Å². The first-order valence-corrected chi connectivity index (χ1v) is 7.23. The minimum atomic E-state index is -4.42. The molecule has 0 fully saturated rings. The molecule has 1 rings (SSSR count). The second-order valence-corrected chi connectivity index (χ2v) is 5.47. The van der Waals surface area contributed by atoms with Crippen molar-refractivity contribution in [3.05, 3.63) is 29.3 Å². The second kappa shape index (κ2) is 5.79. The van der Waals surface area contributed by atoms with Gasteiger partial charge in [-0.25, -0.2) is 0 Å². The Bertz CT molecular complexity index is 509. The summed E-state index contributed by atoms with van der Waals surface area (Å²) in [5.41, 5.74) is 0.416. The smallest absolute Gasteiger partial charge is 0.294 e. The molecule has 0 saturated carbocycles. The molecule has 102 valence electrons. The van der Waals surface area contributed by atoms with E-state index >= 15 is 0 Å². The van der Waals surface area contributed by atoms with Crippen molar-refractivity contribution >= 4 is 10.1 Å². The van der Waals surface area contributed by atoms with Crippen molar-refractivity contribution < 1.29 is 23.2 Å². The van der Waals surface area contributed by atoms with Crippen molar-refractivity contribution in [3.63, 3.8) is 0 Å². The highest BCUT2D eigenvalue weighted by Gasteiger charge is 2.25. The average molecular weight is 274 g/mol. The fourth-order valence-corrected chi connectivity index (χ4v) is 2.64. The van der Waals surface area contributed by atoms with Gasteiger partial charge < -0.3 is 10.2 Å². The molecule has 1 aromatic rings. The molecule has 0 bridgehead atoms. The molecule has 2 unspecified atom stereocenters. The van der Waals surface area contributed by atoms with Gasteiger partial charge in [0, 0.05) is 5.56 Å². The number of rotatable bonds is 5. The Kier molecular flexibility index (Phi) is 4.86. The first-order valence-electron chi connectivity index (χ1n) is 5.79. The fourth-order valence-electron chi connectivity index (χ4n) is 1.86. The van der Waals surface area contributed by atoms with E-state index in [1.807, 2.05) is 0 Å². The normalized spacial score (nSPS) is 15.4. The summed E-state index contributed by atoms with van der Waals surface area (Å²) in [5.74, 6) is 0. The summed E-state index contributed by atoms with van der Waals surface area (Å²) in [6.45, 7) is 3.43. The summed E-state index contributed by atoms with van der Waals surface area (Å²) < 4.78 is 31.8. The van der Waals surface area contributed by atoms with Gasteiger partial charge in [-0.3, -0.25) is 4.55 Å². The Morgan fingerprint density at radius 2 is 1.67 bits per heavy atom. The van der Waals surface area contributed by atoms with Crippen LogP contribution in [0.2, 0.25) is 0 Å². The minimum absolute atomic E-state index is 0.0804. The topological polar surface area (TPSA) is 94.8 Å². The van der Waals surface area contributed by atoms with E-state index in [0.717, 1.165) is 0 Å². The maximum absolute atomic E-state index is 11.3. The summed E-state index contributed by atoms with van der Waals surface area (Å²) in [5, 5.41) is 19.8. The summed E-state index contributed by atoms with van der Waals surface area (Å²) in [7, 11) is -4.42. The minimum Gasteiger partial charge on any atom is -0.388 e. The van der Waals surface area contributed by atoms with Crippen molar-refractivity contribution in [1.82, 2.24) is 0 Å². The summed E-state index contributed by atoms with van der Waals surface area (Å²) in [6.07, 6.45) is -1.24. The standard InChI is InChI=1S/C12H18O5S/c1-3-9(13)8-6-5-7-11(18(15,16)17)12(8)10(14)4-2/h5-7,9-10,13-14H,3-4H2,1-2H3,(H,15,16,17). The predicted octanol–water partition coefficient (Wildman–Crippen LogP) is 1.82. The molecule has 0 spiro atoms. The van der Waals surface area contributed by atoms with Crippen LogP contribution in [0.25, 0.3) is 0 Å². The van der Waals surface area contributed by atoms with Gasteiger partial charge >= 0.3 is 0 Å². The molecular formula is C12H18O5S. The molecule has 3 N–H and O–H groups in total. The summed E-state index contributed by atoms with van der Waals surface area (Å²) in [4.78, 5) is -0.346. The average Bonchev–Trinajstić information content (AvgIpc) is 2.34. The van der Waals surface area contributed by atoms with Crippen LogP contribution >= 0.6 is 0 Å². The maximum atomic E-state index is 11.3. The van der Waals surface area contributed by atoms with Crippen LogP contribution in [0, 0.1) is 0 Å². The number of hydrogen-bond donors (Lipinski definition) is 3. The predicted molar refractivity (Wildman–Crippen MR) is 66.8 cm³/mol. The van der Waals surface area contributed by atoms with Crippen LogP contribution in [0.1, 0.15) is 50.0 Å². The van der Waals surface area contributed by atoms with Crippen molar-refractivity contribution in [2.24, 2.45) is 0 Å². The molecule has 0 aromatic heterocycles. The Balaban J connectivity index is 3.55. The lowest BCUT2D eigenvalue weighted by molar-refractivity contribution is 0.147. The molecule has 0 saturated heterocycles. The number of aliphatic hydroxyl groups is 2. The van der Waals surface area contributed by atoms with Gasteiger partial charge in [-0.15, -0.1) is 0 Å². The maximum Gasteiger partial charge on any atom is 0.294 e. The second-order valence-electron chi connectivity index (χ2n) is 4.08. The van der Waals surface area contributed by atoms with E-state index in [9.17, 15) is 23.2 Å². The molecule has 2 atom stereocenters. The third kappa shape index (κ3) is 3.08. The van der Waals surface area contributed by atoms with Gasteiger partial charge in [0.05, 0.1) is 12.2 Å². The highest BCUT2D eigenvalue weighted by atomic mass is 32.2. The van der Waals surface area contributed by atoms with Crippen molar-refractivity contribution in [3.8, 4) is 0 Å². The van der Waals surface area contributed by atoms with E-state index in [2.05, 4.69) is 0 Å². The third-order valence-electron chi connectivity index (χ3n) is 2.84. The Hall–Kier alpha value is -0.950. The highest BCUT2D eigenvalue weighted by Crippen LogP contribution is 2.32. The fraction of sp³-hybridized carbons (Fsp3) is 0.500. The van der Waals surface area contributed by atoms with Gasteiger partial charge in [-0.05, 0) is 24.5 Å². The van der Waals surface area contributed by atoms with Gasteiger partial charge in [0.25, 0.3) is 10.1 Å². The SMILES string of the molecule is CCC(O)c1cccc(S(=O)(=O)O)c1C(O)CC. The monoisotopic (exact) mass is 274 g/mol. The van der Waals surface area contributed by atoms with Gasteiger partial charge in [-0.1, -0.05) is 26.0 Å². The Morgan fingerprint density at radius 3 is 2.11 bits per heavy atom. The summed E-state index contributed by atoms with van der Waals surface area (Å²) >= 11 is 0. The highest BCUT2D eigenvalue weighted by molar-refractivity contribution is 7.85. The Labute approximate surface area is 107 Å². The molecule has 1 aromatic carbocycles. The first kappa shape index (κ1) is 15.1. The van der Waals surface area contributed by atoms with Gasteiger partial charge in [-0.2, -0.15) is 8.42 Å². The molecule has 0 aliphatic heterocycles. The molecule has 0 amide bonds. The van der Waals surface area contributed by atoms with Crippen LogP contribution in [0.15, 0.2) is 23.1 Å². The largest absolute Gasteiger partial charge is 0.388 e. The zero-order valence-electron chi connectivity index (χ0n) is 10.4. The van der Waals surface area contributed by atoms with E-state index in [1.165, 1.54) is 12.1 Å². The van der Waals surface area contributed by atoms with Gasteiger partial charge in [0.1, 0.15) is 4.90 Å². The molecular weight excluding hydrogens is 256 g/mol. The van der Waals surface area contributed by atoms with E-state index in [1.54, 1.807) is 19.9 Å². The van der Waals surface area contributed by atoms with Crippen LogP contribution in [-0.4, -0.2) is 23.2 Å². The quantitative estimate of drug-likeness (QED) is 0.712. The number of aliphatic hydroxyl groups excluding tert-OH is 2. The molecule has 5 nitrogen and oxygen atoms in total. The van der Waals surface area contributed by atoms with E-state index in [4.69, 9.17) is 0 Å². The zero-order valence-corrected chi connectivity index (χ0v) is 11.2. The Morgan fingerprint density at radius 1 is 1.11 bits per heavy atom.